The third-order valence-electron chi connectivity index (χ3n) is 4.38. The van der Waals surface area contributed by atoms with Crippen molar-refractivity contribution in [3.8, 4) is 11.4 Å². The van der Waals surface area contributed by atoms with Gasteiger partial charge in [0.15, 0.2) is 11.5 Å². The molecule has 2 aromatic carbocycles. The normalized spacial score (nSPS) is 11.2. The topological polar surface area (TPSA) is 98.2 Å². The molecule has 8 nitrogen and oxygen atoms in total. The Morgan fingerprint density at radius 3 is 2.86 bits per heavy atom. The number of aromatic nitrogens is 4. The van der Waals surface area contributed by atoms with Gasteiger partial charge in [-0.15, -0.1) is 11.3 Å². The molecule has 142 valence electrons. The monoisotopic (exact) mass is 406 g/mol. The summed E-state index contributed by atoms with van der Waals surface area (Å²) in [5.41, 5.74) is 1.15. The lowest BCUT2D eigenvalue weighted by Gasteiger charge is -2.09. The van der Waals surface area contributed by atoms with E-state index in [9.17, 15) is 14.5 Å². The molecule has 0 aliphatic carbocycles. The zero-order valence-corrected chi connectivity index (χ0v) is 15.4. The minimum atomic E-state index is -0.904. The van der Waals surface area contributed by atoms with Crippen LogP contribution in [0.5, 0.6) is 0 Å². The quantitative estimate of drug-likeness (QED) is 0.340. The highest BCUT2D eigenvalue weighted by atomic mass is 32.1. The van der Waals surface area contributed by atoms with E-state index in [1.165, 1.54) is 6.07 Å². The average molecular weight is 406 g/mol. The Kier molecular flexibility index (Phi) is 3.91. The van der Waals surface area contributed by atoms with Crippen LogP contribution in [-0.4, -0.2) is 24.5 Å². The van der Waals surface area contributed by atoms with Crippen molar-refractivity contribution in [3.63, 3.8) is 0 Å². The van der Waals surface area contributed by atoms with E-state index in [1.54, 1.807) is 28.1 Å². The number of rotatable bonds is 4. The van der Waals surface area contributed by atoms with Gasteiger partial charge in [0, 0.05) is 38.8 Å². The van der Waals surface area contributed by atoms with Gasteiger partial charge in [-0.2, -0.15) is 24.0 Å². The molecule has 0 radical (unpaired) electrons. The summed E-state index contributed by atoms with van der Waals surface area (Å²) in [6.07, 6.45) is 1.62. The lowest BCUT2D eigenvalue weighted by atomic mass is 10.1. The Labute approximate surface area is 166 Å². The number of benzene rings is 2. The predicted molar refractivity (Wildman–Crippen MR) is 108 cm³/mol. The molecule has 0 aliphatic heterocycles. The maximum absolute atomic E-state index is 13.6. The highest BCUT2D eigenvalue weighted by Crippen LogP contribution is 2.33. The second-order valence-electron chi connectivity index (χ2n) is 6.17. The number of halogens is 1. The molecule has 1 N–H and O–H groups in total. The lowest BCUT2D eigenvalue weighted by Crippen LogP contribution is -2.05. The first kappa shape index (κ1) is 17.2. The van der Waals surface area contributed by atoms with Gasteiger partial charge in [-0.05, 0) is 18.2 Å². The van der Waals surface area contributed by atoms with Gasteiger partial charge in [0.1, 0.15) is 0 Å². The van der Waals surface area contributed by atoms with Gasteiger partial charge in [-0.25, -0.2) is 0 Å². The molecule has 3 heterocycles. The standard InChI is InChI=1S/C19H11FN6O2S/c20-14-6-5-11(9-15(14)26(27)28)22-19-23-17-7-8-21-25(17)18(24-19)13-10-29-16-4-2-1-3-12(13)16/h1-10H,(H,22,23). The van der Waals surface area contributed by atoms with E-state index in [1.807, 2.05) is 29.6 Å². The van der Waals surface area contributed by atoms with Gasteiger partial charge in [0.2, 0.25) is 11.8 Å². The molecule has 5 aromatic rings. The molecular weight excluding hydrogens is 395 g/mol. The third-order valence-corrected chi connectivity index (χ3v) is 5.34. The lowest BCUT2D eigenvalue weighted by molar-refractivity contribution is -0.387. The summed E-state index contributed by atoms with van der Waals surface area (Å²) in [5, 5.41) is 21.3. The first-order valence-electron chi connectivity index (χ1n) is 8.49. The molecule has 0 unspecified atom stereocenters. The van der Waals surface area contributed by atoms with Gasteiger partial charge < -0.3 is 5.32 Å². The number of nitrogens with one attached hydrogen (secondary N) is 1. The Balaban J connectivity index is 1.64. The number of anilines is 2. The molecule has 0 saturated heterocycles. The zero-order chi connectivity index (χ0) is 20.0. The number of fused-ring (bicyclic) bond motifs is 2. The van der Waals surface area contributed by atoms with Gasteiger partial charge >= 0.3 is 5.69 Å². The fraction of sp³-hybridized carbons (Fsp3) is 0. The summed E-state index contributed by atoms with van der Waals surface area (Å²) in [5.74, 6) is -0.0982. The highest BCUT2D eigenvalue weighted by molar-refractivity contribution is 7.17. The number of hydrogen-bond donors (Lipinski definition) is 1. The molecule has 10 heteroatoms. The fourth-order valence-electron chi connectivity index (χ4n) is 3.07. The van der Waals surface area contributed by atoms with Crippen LogP contribution in [0.3, 0.4) is 0 Å². The van der Waals surface area contributed by atoms with E-state index >= 15 is 0 Å². The van der Waals surface area contributed by atoms with Gasteiger partial charge in [-0.3, -0.25) is 10.1 Å². The molecule has 0 bridgehead atoms. The average Bonchev–Trinajstić information content (AvgIpc) is 3.35. The van der Waals surface area contributed by atoms with Crippen molar-refractivity contribution in [2.24, 2.45) is 0 Å². The minimum absolute atomic E-state index is 0.226. The van der Waals surface area contributed by atoms with Crippen LogP contribution in [0.4, 0.5) is 21.7 Å². The highest BCUT2D eigenvalue weighted by Gasteiger charge is 2.17. The molecule has 0 spiro atoms. The van der Waals surface area contributed by atoms with Crippen LogP contribution < -0.4 is 5.32 Å². The van der Waals surface area contributed by atoms with Gasteiger partial charge in [0.25, 0.3) is 0 Å². The Morgan fingerprint density at radius 2 is 2.00 bits per heavy atom. The van der Waals surface area contributed by atoms with Crippen LogP contribution >= 0.6 is 11.3 Å². The van der Waals surface area contributed by atoms with Crippen LogP contribution in [0.1, 0.15) is 0 Å². The molecule has 0 saturated carbocycles. The Bertz CT molecular complexity index is 1400. The summed E-state index contributed by atoms with van der Waals surface area (Å²) in [7, 11) is 0. The zero-order valence-electron chi connectivity index (χ0n) is 14.6. The third kappa shape index (κ3) is 2.95. The van der Waals surface area contributed by atoms with Crippen molar-refractivity contribution in [2.75, 3.05) is 5.32 Å². The summed E-state index contributed by atoms with van der Waals surface area (Å²) in [4.78, 5) is 19.2. The van der Waals surface area contributed by atoms with Crippen LogP contribution in [0.25, 0.3) is 27.1 Å². The molecule has 3 aromatic heterocycles. The van der Waals surface area contributed by atoms with E-state index in [-0.39, 0.29) is 5.95 Å². The molecule has 29 heavy (non-hydrogen) atoms. The minimum Gasteiger partial charge on any atom is -0.324 e. The summed E-state index contributed by atoms with van der Waals surface area (Å²) in [6, 6.07) is 13.2. The molecule has 0 aliphatic rings. The number of hydrogen-bond acceptors (Lipinski definition) is 7. The molecule has 5 rings (SSSR count). The molecule has 0 amide bonds. The maximum Gasteiger partial charge on any atom is 0.306 e. The smallest absolute Gasteiger partial charge is 0.306 e. The van der Waals surface area contributed by atoms with Crippen molar-refractivity contribution in [1.29, 1.82) is 0 Å². The van der Waals surface area contributed by atoms with Crippen molar-refractivity contribution >= 4 is 44.4 Å². The SMILES string of the molecule is O=[N+]([O-])c1cc(Nc2nc(-c3csc4ccccc34)n3nccc3n2)ccc1F. The number of nitro benzene ring substituents is 1. The largest absolute Gasteiger partial charge is 0.324 e. The van der Waals surface area contributed by atoms with E-state index in [0.29, 0.717) is 17.2 Å². The maximum atomic E-state index is 13.6. The molecular formula is C19H11FN6O2S. The second kappa shape index (κ2) is 6.60. The molecule has 0 fully saturated rings. The number of nitrogens with zero attached hydrogens (tertiary/aromatic N) is 5. The fourth-order valence-corrected chi connectivity index (χ4v) is 4.01. The van der Waals surface area contributed by atoms with E-state index in [2.05, 4.69) is 20.4 Å². The van der Waals surface area contributed by atoms with E-state index in [0.717, 1.165) is 27.8 Å². The summed E-state index contributed by atoms with van der Waals surface area (Å²) in [6.45, 7) is 0. The van der Waals surface area contributed by atoms with Crippen molar-refractivity contribution < 1.29 is 9.31 Å². The van der Waals surface area contributed by atoms with Crippen LogP contribution in [-0.2, 0) is 0 Å². The van der Waals surface area contributed by atoms with Crippen LogP contribution in [0, 0.1) is 15.9 Å². The predicted octanol–water partition coefficient (Wildman–Crippen LogP) is 4.80. The number of thiophene rings is 1. The Hall–Kier alpha value is -3.92. The van der Waals surface area contributed by atoms with Crippen molar-refractivity contribution in [3.05, 3.63) is 76.0 Å². The first-order chi connectivity index (χ1) is 14.1. The van der Waals surface area contributed by atoms with Crippen LogP contribution in [0.15, 0.2) is 60.1 Å². The van der Waals surface area contributed by atoms with Crippen LogP contribution in [0.2, 0.25) is 0 Å². The Morgan fingerprint density at radius 1 is 1.14 bits per heavy atom. The van der Waals surface area contributed by atoms with Crippen molar-refractivity contribution in [1.82, 2.24) is 19.6 Å². The summed E-state index contributed by atoms with van der Waals surface area (Å²) >= 11 is 1.60. The van der Waals surface area contributed by atoms with E-state index < -0.39 is 16.4 Å². The van der Waals surface area contributed by atoms with E-state index in [4.69, 9.17) is 0 Å². The molecule has 0 atom stereocenters. The summed E-state index contributed by atoms with van der Waals surface area (Å²) < 4.78 is 16.4. The second-order valence-corrected chi connectivity index (χ2v) is 7.08. The van der Waals surface area contributed by atoms with Gasteiger partial charge in [-0.1, -0.05) is 18.2 Å². The number of nitro groups is 1. The van der Waals surface area contributed by atoms with Gasteiger partial charge in [0.05, 0.1) is 11.1 Å². The first-order valence-corrected chi connectivity index (χ1v) is 9.37. The van der Waals surface area contributed by atoms with Crippen molar-refractivity contribution in [2.45, 2.75) is 0 Å².